The number of anilines is 1. The van der Waals surface area contributed by atoms with Crippen LogP contribution in [-0.2, 0) is 0 Å². The minimum absolute atomic E-state index is 0.457. The summed E-state index contributed by atoms with van der Waals surface area (Å²) in [7, 11) is 3.80. The minimum atomic E-state index is 0.457. The summed E-state index contributed by atoms with van der Waals surface area (Å²) in [6.07, 6.45) is 3.32. The van der Waals surface area contributed by atoms with E-state index in [1.165, 1.54) is 0 Å². The average molecular weight is 166 g/mol. The van der Waals surface area contributed by atoms with Crippen molar-refractivity contribution in [3.8, 4) is 0 Å². The average Bonchev–Trinajstić information content (AvgIpc) is 2.53. The first kappa shape index (κ1) is 6.96. The van der Waals surface area contributed by atoms with Gasteiger partial charge in [-0.2, -0.15) is 4.79 Å². The van der Waals surface area contributed by atoms with E-state index in [4.69, 9.17) is 5.73 Å². The summed E-state index contributed by atoms with van der Waals surface area (Å²) < 4.78 is 1.72. The van der Waals surface area contributed by atoms with Gasteiger partial charge in [-0.3, -0.25) is 4.40 Å². The molecule has 2 aromatic heterocycles. The molecule has 0 radical (unpaired) electrons. The number of nitrogen functional groups attached to an aromatic ring is 1. The Morgan fingerprint density at radius 1 is 1.50 bits per heavy atom. The molecule has 0 fully saturated rings. The van der Waals surface area contributed by atoms with Gasteiger partial charge in [-0.25, -0.2) is 4.98 Å². The van der Waals surface area contributed by atoms with E-state index in [-0.39, 0.29) is 0 Å². The lowest BCUT2D eigenvalue weighted by molar-refractivity contribution is 0.660. The SMILES string of the molecule is CN(C)n1ncn2c(N)ncc12. The van der Waals surface area contributed by atoms with Crippen molar-refractivity contribution < 1.29 is 0 Å². The van der Waals surface area contributed by atoms with Crippen LogP contribution in [-0.4, -0.2) is 33.4 Å². The standard InChI is InChI=1S/C6H10N6/c1-10(2)12-5-3-8-6(7)11(5)4-9-12/h3-4H,1-2H3,(H2,7,8). The molecule has 12 heavy (non-hydrogen) atoms. The summed E-state index contributed by atoms with van der Waals surface area (Å²) in [5, 5.41) is 5.94. The smallest absolute Gasteiger partial charge is 0.207 e. The van der Waals surface area contributed by atoms with E-state index >= 15 is 0 Å². The minimum Gasteiger partial charge on any atom is -0.369 e. The van der Waals surface area contributed by atoms with Crippen molar-refractivity contribution in [2.24, 2.45) is 0 Å². The number of hydrogen-bond donors (Lipinski definition) is 1. The maximum absolute atomic E-state index is 5.57. The van der Waals surface area contributed by atoms with Crippen LogP contribution in [0.3, 0.4) is 0 Å². The highest BCUT2D eigenvalue weighted by Crippen LogP contribution is 2.06. The fourth-order valence-electron chi connectivity index (χ4n) is 1.10. The Morgan fingerprint density at radius 2 is 2.25 bits per heavy atom. The van der Waals surface area contributed by atoms with Crippen LogP contribution in [0.4, 0.5) is 5.95 Å². The summed E-state index contributed by atoms with van der Waals surface area (Å²) >= 11 is 0. The zero-order valence-corrected chi connectivity index (χ0v) is 6.97. The van der Waals surface area contributed by atoms with Crippen molar-refractivity contribution >= 4 is 11.6 Å². The fourth-order valence-corrected chi connectivity index (χ4v) is 1.10. The van der Waals surface area contributed by atoms with Crippen LogP contribution >= 0.6 is 0 Å². The lowest BCUT2D eigenvalue weighted by Gasteiger charge is -2.10. The Balaban J connectivity index is 2.71. The first-order valence-electron chi connectivity index (χ1n) is 3.54. The molecular formula is C6H10N6. The molecule has 0 aliphatic heterocycles. The number of aromatic nitrogens is 4. The molecule has 2 rings (SSSR count). The van der Waals surface area contributed by atoms with E-state index in [1.54, 1.807) is 21.7 Å². The molecular weight excluding hydrogens is 156 g/mol. The highest BCUT2D eigenvalue weighted by Gasteiger charge is 2.06. The summed E-state index contributed by atoms with van der Waals surface area (Å²) in [5.41, 5.74) is 6.43. The van der Waals surface area contributed by atoms with Crippen LogP contribution < -0.4 is 10.7 Å². The summed E-state index contributed by atoms with van der Waals surface area (Å²) in [6, 6.07) is 0. The third kappa shape index (κ3) is 0.744. The Labute approximate surface area is 69.2 Å². The molecule has 0 aromatic carbocycles. The number of fused-ring (bicyclic) bond motifs is 1. The Bertz CT molecular complexity index is 397. The quantitative estimate of drug-likeness (QED) is 0.609. The molecule has 0 aliphatic carbocycles. The van der Waals surface area contributed by atoms with E-state index in [0.717, 1.165) is 5.65 Å². The van der Waals surface area contributed by atoms with Crippen LogP contribution in [0, 0.1) is 0 Å². The predicted octanol–water partition coefficient (Wildman–Crippen LogP) is -0.689. The first-order valence-corrected chi connectivity index (χ1v) is 3.54. The third-order valence-electron chi connectivity index (χ3n) is 1.67. The fraction of sp³-hybridized carbons (Fsp3) is 0.333. The summed E-state index contributed by atoms with van der Waals surface area (Å²) in [4.78, 5) is 5.66. The Hall–Kier alpha value is -1.72. The Morgan fingerprint density at radius 3 is 2.92 bits per heavy atom. The van der Waals surface area contributed by atoms with Crippen molar-refractivity contribution in [3.05, 3.63) is 12.5 Å². The normalized spacial score (nSPS) is 10.8. The first-order chi connectivity index (χ1) is 5.70. The van der Waals surface area contributed by atoms with Gasteiger partial charge in [0.25, 0.3) is 0 Å². The molecule has 0 bridgehead atoms. The van der Waals surface area contributed by atoms with Crippen LogP contribution in [0.15, 0.2) is 12.5 Å². The summed E-state index contributed by atoms with van der Waals surface area (Å²) in [5.74, 6) is 0.457. The second kappa shape index (κ2) is 2.13. The molecule has 0 unspecified atom stereocenters. The van der Waals surface area contributed by atoms with Crippen molar-refractivity contribution in [2.45, 2.75) is 0 Å². The predicted molar refractivity (Wildman–Crippen MR) is 45.5 cm³/mol. The van der Waals surface area contributed by atoms with Gasteiger partial charge >= 0.3 is 0 Å². The monoisotopic (exact) mass is 166 g/mol. The van der Waals surface area contributed by atoms with E-state index in [1.807, 2.05) is 19.1 Å². The highest BCUT2D eigenvalue weighted by molar-refractivity contribution is 5.44. The van der Waals surface area contributed by atoms with Crippen LogP contribution in [0.5, 0.6) is 0 Å². The molecule has 64 valence electrons. The van der Waals surface area contributed by atoms with Gasteiger partial charge in [0.05, 0.1) is 6.20 Å². The van der Waals surface area contributed by atoms with Crippen LogP contribution in [0.25, 0.3) is 5.65 Å². The van der Waals surface area contributed by atoms with Crippen molar-refractivity contribution in [3.63, 3.8) is 0 Å². The maximum atomic E-state index is 5.57. The van der Waals surface area contributed by atoms with Crippen LogP contribution in [0.2, 0.25) is 0 Å². The topological polar surface area (TPSA) is 64.4 Å². The van der Waals surface area contributed by atoms with Gasteiger partial charge in [-0.15, -0.1) is 5.10 Å². The van der Waals surface area contributed by atoms with Gasteiger partial charge in [0.15, 0.2) is 5.65 Å². The van der Waals surface area contributed by atoms with Gasteiger partial charge in [0.1, 0.15) is 6.33 Å². The zero-order valence-electron chi connectivity index (χ0n) is 6.97. The molecule has 2 N–H and O–H groups in total. The number of hydrogen-bond acceptors (Lipinski definition) is 4. The van der Waals surface area contributed by atoms with E-state index in [2.05, 4.69) is 10.1 Å². The van der Waals surface area contributed by atoms with E-state index < -0.39 is 0 Å². The van der Waals surface area contributed by atoms with E-state index in [9.17, 15) is 0 Å². The lowest BCUT2D eigenvalue weighted by atomic mass is 10.8. The summed E-state index contributed by atoms with van der Waals surface area (Å²) in [6.45, 7) is 0. The second-order valence-electron chi connectivity index (χ2n) is 2.71. The van der Waals surface area contributed by atoms with Gasteiger partial charge in [0.2, 0.25) is 5.95 Å². The number of nitrogens with zero attached hydrogens (tertiary/aromatic N) is 5. The zero-order chi connectivity index (χ0) is 8.72. The largest absolute Gasteiger partial charge is 0.369 e. The second-order valence-corrected chi connectivity index (χ2v) is 2.71. The lowest BCUT2D eigenvalue weighted by Crippen LogP contribution is -2.25. The van der Waals surface area contributed by atoms with E-state index in [0.29, 0.717) is 5.95 Å². The molecule has 0 aliphatic rings. The molecule has 2 heterocycles. The molecule has 0 atom stereocenters. The van der Waals surface area contributed by atoms with Crippen LogP contribution in [0.1, 0.15) is 0 Å². The van der Waals surface area contributed by atoms with Gasteiger partial charge < -0.3 is 10.7 Å². The number of rotatable bonds is 1. The third-order valence-corrected chi connectivity index (χ3v) is 1.67. The molecule has 0 amide bonds. The molecule has 0 spiro atoms. The number of imidazole rings is 1. The van der Waals surface area contributed by atoms with Gasteiger partial charge in [-0.05, 0) is 0 Å². The maximum Gasteiger partial charge on any atom is 0.207 e. The number of nitrogens with two attached hydrogens (primary N) is 1. The van der Waals surface area contributed by atoms with Crippen molar-refractivity contribution in [1.82, 2.24) is 19.3 Å². The van der Waals surface area contributed by atoms with Crippen molar-refractivity contribution in [1.29, 1.82) is 0 Å². The van der Waals surface area contributed by atoms with Crippen molar-refractivity contribution in [2.75, 3.05) is 24.8 Å². The van der Waals surface area contributed by atoms with Gasteiger partial charge in [-0.1, -0.05) is 0 Å². The molecule has 6 heteroatoms. The molecule has 2 aromatic rings. The molecule has 6 nitrogen and oxygen atoms in total. The molecule has 0 saturated carbocycles. The molecule has 0 saturated heterocycles. The van der Waals surface area contributed by atoms with Gasteiger partial charge in [0, 0.05) is 14.1 Å². The highest BCUT2D eigenvalue weighted by atomic mass is 15.7. The Kier molecular flexibility index (Phi) is 1.24.